The number of ether oxygens (including phenoxy) is 2. The molecule has 1 aliphatic heterocycles. The zero-order valence-electron chi connectivity index (χ0n) is 31.6. The molecule has 0 spiro atoms. The van der Waals surface area contributed by atoms with Gasteiger partial charge in [0.2, 0.25) is 5.95 Å². The maximum Gasteiger partial charge on any atom is 0.320 e. The highest BCUT2D eigenvalue weighted by atomic mass is 35.5. The van der Waals surface area contributed by atoms with Gasteiger partial charge >= 0.3 is 6.03 Å². The third-order valence-electron chi connectivity index (χ3n) is 9.79. The zero-order chi connectivity index (χ0) is 37.7. The molecule has 53 heavy (non-hydrogen) atoms. The standard InChI is InChI=1S/C40H52ClN9O3/c1-26-11-9-10-20-49(26)39-47-46-37-19-15-28(25-50(37)39)53-33-18-17-32(29-12-7-8-13-30(29)33)44-38(51)45-36(24-35(42)40(2,3)4)43-27-14-16-31(41)34(23-27)52-22-21-48(5)6/h7-8,12-16,19,23-26,32-33,42-43H,9-11,17-18,20-22H2,1-6H3,(H2,44,45,51)/b36-24+,42-35?/t26-,32?,33+/m0/s1. The highest BCUT2D eigenvalue weighted by Crippen LogP contribution is 2.39. The number of urea groups is 1. The summed E-state index contributed by atoms with van der Waals surface area (Å²) in [7, 11) is 3.96. The third kappa shape index (κ3) is 9.41. The number of nitrogens with zero attached hydrogens (tertiary/aromatic N) is 5. The van der Waals surface area contributed by atoms with E-state index in [1.807, 2.05) is 86.8 Å². The summed E-state index contributed by atoms with van der Waals surface area (Å²) in [5.74, 6) is 2.48. The molecule has 13 heteroatoms. The number of allylic oxidation sites excluding steroid dienone is 1. The summed E-state index contributed by atoms with van der Waals surface area (Å²) in [5, 5.41) is 27.6. The van der Waals surface area contributed by atoms with Crippen molar-refractivity contribution in [3.63, 3.8) is 0 Å². The number of aromatic nitrogens is 3. The van der Waals surface area contributed by atoms with E-state index in [-0.39, 0.29) is 12.1 Å². The fourth-order valence-electron chi connectivity index (χ4n) is 6.67. The van der Waals surface area contributed by atoms with Gasteiger partial charge in [-0.25, -0.2) is 4.79 Å². The lowest BCUT2D eigenvalue weighted by molar-refractivity contribution is 0.171. The fraction of sp³-hybridized carbons (Fsp3) is 0.450. The molecule has 1 saturated heterocycles. The first-order valence-electron chi connectivity index (χ1n) is 18.4. The second-order valence-corrected chi connectivity index (χ2v) is 15.6. The average molecular weight is 742 g/mol. The van der Waals surface area contributed by atoms with Crippen LogP contribution in [0.2, 0.25) is 5.02 Å². The number of piperidine rings is 1. The number of rotatable bonds is 12. The molecule has 0 saturated carbocycles. The Morgan fingerprint density at radius 3 is 2.60 bits per heavy atom. The number of hydrogen-bond acceptors (Lipinski definition) is 9. The molecule has 6 rings (SSSR count). The van der Waals surface area contributed by atoms with E-state index < -0.39 is 11.4 Å². The van der Waals surface area contributed by atoms with E-state index >= 15 is 0 Å². The highest BCUT2D eigenvalue weighted by molar-refractivity contribution is 6.32. The SMILES string of the molecule is C[C@H]1CCCCN1c1nnc2ccc(O[C@@H]3CCC(NC(=O)N/C(=C/C(=N)C(C)(C)C)Nc4ccc(Cl)c(OCCN(C)C)c4)c4ccccc43)cn12. The zero-order valence-corrected chi connectivity index (χ0v) is 32.3. The van der Waals surface area contributed by atoms with E-state index in [4.69, 9.17) is 26.5 Å². The number of benzene rings is 2. The molecule has 2 aromatic heterocycles. The van der Waals surface area contributed by atoms with Gasteiger partial charge in [-0.1, -0.05) is 56.6 Å². The van der Waals surface area contributed by atoms with E-state index in [1.165, 1.54) is 6.42 Å². The lowest BCUT2D eigenvalue weighted by Gasteiger charge is -2.33. The van der Waals surface area contributed by atoms with Gasteiger partial charge in [-0.05, 0) is 88.5 Å². The first kappa shape index (κ1) is 37.9. The van der Waals surface area contributed by atoms with Gasteiger partial charge in [0, 0.05) is 48.1 Å². The maximum absolute atomic E-state index is 13.7. The Morgan fingerprint density at radius 1 is 1.06 bits per heavy atom. The number of hydrogen-bond donors (Lipinski definition) is 4. The Hall–Kier alpha value is -4.81. The number of carbonyl (C=O) groups excluding carboxylic acids is 1. The first-order valence-corrected chi connectivity index (χ1v) is 18.8. The number of fused-ring (bicyclic) bond motifs is 2. The van der Waals surface area contributed by atoms with Crippen LogP contribution in [0.4, 0.5) is 16.4 Å². The van der Waals surface area contributed by atoms with E-state index in [0.717, 1.165) is 54.4 Å². The van der Waals surface area contributed by atoms with Gasteiger partial charge in [0.1, 0.15) is 30.0 Å². The Labute approximate surface area is 317 Å². The first-order chi connectivity index (χ1) is 25.4. The van der Waals surface area contributed by atoms with Crippen LogP contribution < -0.4 is 30.3 Å². The molecular formula is C40H52ClN9O3. The van der Waals surface area contributed by atoms with Crippen LogP contribution in [-0.4, -0.2) is 71.1 Å². The summed E-state index contributed by atoms with van der Waals surface area (Å²) < 4.78 is 14.6. The lowest BCUT2D eigenvalue weighted by Crippen LogP contribution is -2.41. The van der Waals surface area contributed by atoms with Gasteiger partial charge in [-0.3, -0.25) is 9.72 Å². The molecule has 2 aliphatic rings. The van der Waals surface area contributed by atoms with E-state index in [2.05, 4.69) is 44.0 Å². The second-order valence-electron chi connectivity index (χ2n) is 15.2. The highest BCUT2D eigenvalue weighted by Gasteiger charge is 2.30. The summed E-state index contributed by atoms with van der Waals surface area (Å²) in [4.78, 5) is 18.0. The van der Waals surface area contributed by atoms with Crippen molar-refractivity contribution in [3.8, 4) is 11.5 Å². The smallest absolute Gasteiger partial charge is 0.320 e. The Bertz CT molecular complexity index is 1950. The maximum atomic E-state index is 13.7. The van der Waals surface area contributed by atoms with Crippen molar-refractivity contribution < 1.29 is 14.3 Å². The molecule has 4 aromatic rings. The van der Waals surface area contributed by atoms with Crippen molar-refractivity contribution in [2.45, 2.75) is 78.0 Å². The number of likely N-dealkylation sites (N-methyl/N-ethyl adjacent to an activating group) is 1. The van der Waals surface area contributed by atoms with Crippen molar-refractivity contribution in [2.24, 2.45) is 5.41 Å². The number of anilines is 2. The number of pyridine rings is 1. The van der Waals surface area contributed by atoms with Crippen LogP contribution >= 0.6 is 11.6 Å². The molecule has 12 nitrogen and oxygen atoms in total. The molecule has 3 heterocycles. The van der Waals surface area contributed by atoms with Crippen molar-refractivity contribution in [2.75, 3.05) is 44.0 Å². The Kier molecular flexibility index (Phi) is 11.8. The van der Waals surface area contributed by atoms with Gasteiger partial charge in [-0.15, -0.1) is 10.2 Å². The summed E-state index contributed by atoms with van der Waals surface area (Å²) >= 11 is 6.43. The monoisotopic (exact) mass is 741 g/mol. The van der Waals surface area contributed by atoms with Crippen LogP contribution in [0.15, 0.2) is 72.7 Å². The molecule has 1 unspecified atom stereocenters. The second kappa shape index (κ2) is 16.5. The van der Waals surface area contributed by atoms with Crippen LogP contribution in [0.1, 0.15) is 83.1 Å². The molecule has 2 aromatic carbocycles. The van der Waals surface area contributed by atoms with Crippen LogP contribution in [0.25, 0.3) is 5.65 Å². The fourth-order valence-corrected chi connectivity index (χ4v) is 6.85. The van der Waals surface area contributed by atoms with Gasteiger partial charge in [0.15, 0.2) is 5.65 Å². The number of halogens is 1. The van der Waals surface area contributed by atoms with Crippen molar-refractivity contribution in [1.82, 2.24) is 30.1 Å². The molecule has 3 atom stereocenters. The van der Waals surface area contributed by atoms with Crippen molar-refractivity contribution >= 4 is 40.6 Å². The van der Waals surface area contributed by atoms with Crippen LogP contribution in [0.3, 0.4) is 0 Å². The van der Waals surface area contributed by atoms with Crippen LogP contribution in [-0.2, 0) is 0 Å². The molecule has 0 radical (unpaired) electrons. The molecular weight excluding hydrogens is 690 g/mol. The minimum Gasteiger partial charge on any atom is -0.491 e. The van der Waals surface area contributed by atoms with Crippen LogP contribution in [0, 0.1) is 10.8 Å². The van der Waals surface area contributed by atoms with Gasteiger partial charge in [0.25, 0.3) is 0 Å². The van der Waals surface area contributed by atoms with E-state index in [9.17, 15) is 4.79 Å². The van der Waals surface area contributed by atoms with E-state index in [0.29, 0.717) is 53.5 Å². The summed E-state index contributed by atoms with van der Waals surface area (Å²) in [6.07, 6.45) is 8.34. The predicted octanol–water partition coefficient (Wildman–Crippen LogP) is 7.98. The molecule has 4 N–H and O–H groups in total. The molecule has 1 aliphatic carbocycles. The summed E-state index contributed by atoms with van der Waals surface area (Å²) in [5.41, 5.74) is 3.40. The predicted molar refractivity (Wildman–Crippen MR) is 211 cm³/mol. The van der Waals surface area contributed by atoms with E-state index in [1.54, 1.807) is 18.2 Å². The number of carbonyl (C=O) groups is 1. The largest absolute Gasteiger partial charge is 0.491 e. The third-order valence-corrected chi connectivity index (χ3v) is 10.1. The number of amides is 2. The Balaban J connectivity index is 1.16. The quantitative estimate of drug-likeness (QED) is 0.108. The summed E-state index contributed by atoms with van der Waals surface area (Å²) in [6.45, 7) is 10.3. The molecule has 2 amide bonds. The van der Waals surface area contributed by atoms with Crippen LogP contribution in [0.5, 0.6) is 11.5 Å². The molecule has 1 fully saturated rings. The average Bonchev–Trinajstić information content (AvgIpc) is 3.53. The topological polar surface area (TPSA) is 132 Å². The minimum atomic E-state index is -0.435. The normalized spacial score (nSPS) is 19.1. The van der Waals surface area contributed by atoms with Gasteiger partial charge in [-0.2, -0.15) is 0 Å². The molecule has 282 valence electrons. The minimum absolute atomic E-state index is 0.193. The lowest BCUT2D eigenvalue weighted by atomic mass is 9.85. The Morgan fingerprint density at radius 2 is 1.85 bits per heavy atom. The molecule has 0 bridgehead atoms. The van der Waals surface area contributed by atoms with Gasteiger partial charge in [0.05, 0.1) is 17.3 Å². The van der Waals surface area contributed by atoms with Crippen molar-refractivity contribution in [3.05, 3.63) is 88.8 Å². The van der Waals surface area contributed by atoms with Gasteiger partial charge < -0.3 is 35.3 Å². The summed E-state index contributed by atoms with van der Waals surface area (Å²) in [6, 6.07) is 17.1. The van der Waals surface area contributed by atoms with Crippen molar-refractivity contribution in [1.29, 1.82) is 5.41 Å². The number of nitrogens with one attached hydrogen (secondary N) is 4.